The van der Waals surface area contributed by atoms with E-state index in [1.54, 1.807) is 24.3 Å². The molecule has 0 fully saturated rings. The van der Waals surface area contributed by atoms with Gasteiger partial charge in [-0.3, -0.25) is 9.69 Å². The molecule has 0 saturated heterocycles. The predicted octanol–water partition coefficient (Wildman–Crippen LogP) is 7.82. The highest BCUT2D eigenvalue weighted by molar-refractivity contribution is 6.32. The van der Waals surface area contributed by atoms with E-state index in [0.29, 0.717) is 11.3 Å². The zero-order chi connectivity index (χ0) is 20.8. The van der Waals surface area contributed by atoms with Crippen molar-refractivity contribution in [2.75, 3.05) is 0 Å². The van der Waals surface area contributed by atoms with Crippen LogP contribution in [0.4, 0.5) is 17.1 Å². The SMILES string of the molecule is [C-]#[N+]c1cc2c(cc1C#N)c1ccc3ccccc3c1c1cc([N+]#[C-])c([N+]#[C-])cc21. The van der Waals surface area contributed by atoms with Crippen LogP contribution in [0.15, 0.2) is 60.7 Å². The van der Waals surface area contributed by atoms with E-state index < -0.39 is 0 Å². The highest BCUT2D eigenvalue weighted by atomic mass is 14.7. The zero-order valence-electron chi connectivity index (χ0n) is 15.6. The van der Waals surface area contributed by atoms with Crippen LogP contribution in [0.3, 0.4) is 0 Å². The van der Waals surface area contributed by atoms with Gasteiger partial charge in [-0.25, -0.2) is 4.85 Å². The fraction of sp³-hybridized carbons (Fsp3) is 0. The Morgan fingerprint density at radius 3 is 1.90 bits per heavy atom. The van der Waals surface area contributed by atoms with Gasteiger partial charge >= 0.3 is 0 Å². The molecule has 0 bridgehead atoms. The molecular formula is C26H10N4. The second-order valence-corrected chi connectivity index (χ2v) is 6.96. The molecule has 0 heterocycles. The lowest BCUT2D eigenvalue weighted by molar-refractivity contribution is 1.50. The fourth-order valence-corrected chi connectivity index (χ4v) is 4.19. The predicted molar refractivity (Wildman–Crippen MR) is 120 cm³/mol. The Balaban J connectivity index is 2.19. The van der Waals surface area contributed by atoms with E-state index in [-0.39, 0.29) is 11.4 Å². The Bertz CT molecular complexity index is 1730. The van der Waals surface area contributed by atoms with E-state index in [1.807, 2.05) is 36.4 Å². The highest BCUT2D eigenvalue weighted by Crippen LogP contribution is 2.44. The summed E-state index contributed by atoms with van der Waals surface area (Å²) in [5.41, 5.74) is 1.21. The van der Waals surface area contributed by atoms with Crippen LogP contribution in [0.25, 0.3) is 57.6 Å². The number of benzene rings is 5. The molecule has 0 aliphatic heterocycles. The molecule has 30 heavy (non-hydrogen) atoms. The van der Waals surface area contributed by atoms with Crippen molar-refractivity contribution in [2.45, 2.75) is 0 Å². The molecule has 0 spiro atoms. The minimum absolute atomic E-state index is 0.282. The fourth-order valence-electron chi connectivity index (χ4n) is 4.19. The first-order valence-electron chi connectivity index (χ1n) is 9.11. The van der Waals surface area contributed by atoms with Crippen molar-refractivity contribution in [3.8, 4) is 6.07 Å². The second-order valence-electron chi connectivity index (χ2n) is 6.96. The smallest absolute Gasteiger partial charge is 0.205 e. The third kappa shape index (κ3) is 2.23. The molecule has 0 unspecified atom stereocenters. The normalized spacial score (nSPS) is 10.5. The first-order valence-corrected chi connectivity index (χ1v) is 9.11. The summed E-state index contributed by atoms with van der Waals surface area (Å²) in [4.78, 5) is 10.6. The number of fused-ring (bicyclic) bond motifs is 8. The van der Waals surface area contributed by atoms with Gasteiger partial charge in [-0.05, 0) is 55.2 Å². The van der Waals surface area contributed by atoms with Gasteiger partial charge < -0.3 is 0 Å². The summed E-state index contributed by atoms with van der Waals surface area (Å²) in [6, 6.07) is 21.2. The van der Waals surface area contributed by atoms with Gasteiger partial charge in [0.25, 0.3) is 0 Å². The van der Waals surface area contributed by atoms with Crippen LogP contribution in [-0.2, 0) is 0 Å². The molecule has 5 aromatic carbocycles. The van der Waals surface area contributed by atoms with Crippen molar-refractivity contribution in [3.63, 3.8) is 0 Å². The number of hydrogen-bond acceptors (Lipinski definition) is 1. The average molecular weight is 378 g/mol. The Hall–Kier alpha value is -4.90. The zero-order valence-corrected chi connectivity index (χ0v) is 15.6. The van der Waals surface area contributed by atoms with E-state index in [0.717, 1.165) is 43.1 Å². The van der Waals surface area contributed by atoms with Crippen LogP contribution < -0.4 is 0 Å². The van der Waals surface area contributed by atoms with Gasteiger partial charge in [-0.2, -0.15) is 5.26 Å². The Morgan fingerprint density at radius 2 is 1.20 bits per heavy atom. The lowest BCUT2D eigenvalue weighted by atomic mass is 9.89. The average Bonchev–Trinajstić information content (AvgIpc) is 2.81. The summed E-state index contributed by atoms with van der Waals surface area (Å²) in [6.07, 6.45) is 0. The molecule has 0 saturated carbocycles. The molecule has 0 aliphatic rings. The van der Waals surface area contributed by atoms with Crippen LogP contribution in [0, 0.1) is 31.0 Å². The van der Waals surface area contributed by atoms with E-state index in [2.05, 4.69) is 20.6 Å². The minimum atomic E-state index is 0.282. The van der Waals surface area contributed by atoms with Gasteiger partial charge in [-0.1, -0.05) is 48.5 Å². The molecule has 0 radical (unpaired) electrons. The molecule has 134 valence electrons. The standard InChI is InChI=1S/C26H10N4/c1-28-23-11-20-19(10-16(23)14-27)18-9-8-15-6-4-5-7-17(15)26(18)22-13-25(30-3)24(29-2)12-21(20)22/h4-13H. The Labute approximate surface area is 172 Å². The van der Waals surface area contributed by atoms with Gasteiger partial charge in [0.2, 0.25) is 5.69 Å². The third-order valence-corrected chi connectivity index (χ3v) is 5.51. The largest absolute Gasteiger partial charge is 0.250 e. The van der Waals surface area contributed by atoms with Crippen molar-refractivity contribution in [1.29, 1.82) is 5.26 Å². The maximum atomic E-state index is 9.55. The number of nitrogens with zero attached hydrogens (tertiary/aromatic N) is 4. The van der Waals surface area contributed by atoms with Gasteiger partial charge in [0.1, 0.15) is 0 Å². The first-order chi connectivity index (χ1) is 14.7. The molecule has 5 aromatic rings. The van der Waals surface area contributed by atoms with Crippen LogP contribution in [0.1, 0.15) is 5.56 Å². The number of nitriles is 1. The Morgan fingerprint density at radius 1 is 0.600 bits per heavy atom. The molecule has 4 heteroatoms. The van der Waals surface area contributed by atoms with Gasteiger partial charge in [0.15, 0.2) is 11.4 Å². The molecular weight excluding hydrogens is 368 g/mol. The van der Waals surface area contributed by atoms with Crippen LogP contribution >= 0.6 is 0 Å². The maximum absolute atomic E-state index is 9.55. The minimum Gasteiger partial charge on any atom is -0.250 e. The molecule has 0 aliphatic carbocycles. The molecule has 0 amide bonds. The summed E-state index contributed by atoms with van der Waals surface area (Å²) in [5.74, 6) is 0. The van der Waals surface area contributed by atoms with Crippen LogP contribution in [-0.4, -0.2) is 0 Å². The number of hydrogen-bond donors (Lipinski definition) is 0. The Kier molecular flexibility index (Phi) is 3.63. The molecule has 0 aromatic heterocycles. The summed E-state index contributed by atoms with van der Waals surface area (Å²) < 4.78 is 0. The van der Waals surface area contributed by atoms with E-state index in [9.17, 15) is 5.26 Å². The van der Waals surface area contributed by atoms with E-state index in [4.69, 9.17) is 19.7 Å². The van der Waals surface area contributed by atoms with E-state index in [1.165, 1.54) is 0 Å². The van der Waals surface area contributed by atoms with Crippen molar-refractivity contribution in [3.05, 3.63) is 100 Å². The lowest BCUT2D eigenvalue weighted by Gasteiger charge is -2.15. The molecule has 0 atom stereocenters. The summed E-state index contributed by atoms with van der Waals surface area (Å²) >= 11 is 0. The second kappa shape index (κ2) is 6.32. The van der Waals surface area contributed by atoms with Crippen LogP contribution in [0.2, 0.25) is 0 Å². The summed E-state index contributed by atoms with van der Waals surface area (Å²) in [5, 5.41) is 16.9. The third-order valence-electron chi connectivity index (χ3n) is 5.51. The molecule has 4 nitrogen and oxygen atoms in total. The van der Waals surface area contributed by atoms with Crippen molar-refractivity contribution in [1.82, 2.24) is 0 Å². The topological polar surface area (TPSA) is 36.9 Å². The maximum Gasteiger partial charge on any atom is 0.205 e. The van der Waals surface area contributed by atoms with Gasteiger partial charge in [-0.15, -0.1) is 0 Å². The molecule has 0 N–H and O–H groups in total. The summed E-state index contributed by atoms with van der Waals surface area (Å²) in [7, 11) is 0. The molecule has 5 rings (SSSR count). The van der Waals surface area contributed by atoms with Crippen molar-refractivity contribution in [2.24, 2.45) is 0 Å². The summed E-state index contributed by atoms with van der Waals surface area (Å²) in [6.45, 7) is 22.5. The van der Waals surface area contributed by atoms with Crippen molar-refractivity contribution >= 4 is 60.2 Å². The lowest BCUT2D eigenvalue weighted by Crippen LogP contribution is -1.87. The van der Waals surface area contributed by atoms with E-state index >= 15 is 0 Å². The monoisotopic (exact) mass is 378 g/mol. The van der Waals surface area contributed by atoms with Gasteiger partial charge in [0, 0.05) is 0 Å². The van der Waals surface area contributed by atoms with Crippen molar-refractivity contribution < 1.29 is 0 Å². The quantitative estimate of drug-likeness (QED) is 0.200. The highest BCUT2D eigenvalue weighted by Gasteiger charge is 2.16. The first kappa shape index (κ1) is 17.2. The van der Waals surface area contributed by atoms with Gasteiger partial charge in [0.05, 0.1) is 31.3 Å². The number of rotatable bonds is 0. The van der Waals surface area contributed by atoms with Crippen LogP contribution in [0.5, 0.6) is 0 Å².